The summed E-state index contributed by atoms with van der Waals surface area (Å²) >= 11 is 0. The lowest BCUT2D eigenvalue weighted by Crippen LogP contribution is -2.52. The molecule has 3 amide bonds. The van der Waals surface area contributed by atoms with E-state index in [4.69, 9.17) is 4.74 Å². The Hall–Kier alpha value is -3.35. The van der Waals surface area contributed by atoms with Crippen LogP contribution in [0, 0.1) is 0 Å². The first-order valence-corrected chi connectivity index (χ1v) is 8.21. The van der Waals surface area contributed by atoms with Crippen LogP contribution < -0.4 is 20.3 Å². The molecule has 0 unspecified atom stereocenters. The van der Waals surface area contributed by atoms with Crippen LogP contribution in [0.3, 0.4) is 0 Å². The fourth-order valence-electron chi connectivity index (χ4n) is 2.71. The number of benzene rings is 2. The van der Waals surface area contributed by atoms with E-state index in [1.54, 1.807) is 48.5 Å². The lowest BCUT2D eigenvalue weighted by Gasteiger charge is -2.34. The number of hydrogen-bond acceptors (Lipinski definition) is 4. The summed E-state index contributed by atoms with van der Waals surface area (Å²) in [6.07, 6.45) is -0.802. The third-order valence-corrected chi connectivity index (χ3v) is 4.05. The second kappa shape index (κ2) is 7.69. The van der Waals surface area contributed by atoms with E-state index in [9.17, 15) is 14.4 Å². The monoisotopic (exact) mass is 353 g/mol. The van der Waals surface area contributed by atoms with Crippen LogP contribution in [0.1, 0.15) is 10.4 Å². The van der Waals surface area contributed by atoms with E-state index in [2.05, 4.69) is 10.6 Å². The second-order valence-corrected chi connectivity index (χ2v) is 5.74. The van der Waals surface area contributed by atoms with Gasteiger partial charge in [-0.1, -0.05) is 30.3 Å². The number of carbonyl (C=O) groups excluding carboxylic acids is 3. The van der Waals surface area contributed by atoms with Crippen molar-refractivity contribution in [1.29, 1.82) is 0 Å². The summed E-state index contributed by atoms with van der Waals surface area (Å²) in [7, 11) is 1.51. The summed E-state index contributed by atoms with van der Waals surface area (Å²) in [6, 6.07) is 15.7. The number of anilines is 1. The maximum Gasteiger partial charge on any atom is 0.262 e. The Morgan fingerprint density at radius 2 is 1.77 bits per heavy atom. The molecule has 0 fully saturated rings. The zero-order chi connectivity index (χ0) is 18.5. The number of carbonyl (C=O) groups is 3. The first kappa shape index (κ1) is 17.5. The molecule has 134 valence electrons. The minimum absolute atomic E-state index is 0.0801. The predicted octanol–water partition coefficient (Wildman–Crippen LogP) is 0.957. The molecular formula is C19H19N3O4. The second-order valence-electron chi connectivity index (χ2n) is 5.74. The van der Waals surface area contributed by atoms with Gasteiger partial charge in [0.25, 0.3) is 11.8 Å². The molecule has 2 aromatic carbocycles. The van der Waals surface area contributed by atoms with Crippen molar-refractivity contribution < 1.29 is 19.1 Å². The van der Waals surface area contributed by atoms with Gasteiger partial charge in [0.1, 0.15) is 5.75 Å². The predicted molar refractivity (Wildman–Crippen MR) is 96.1 cm³/mol. The standard InChI is InChI=1S/C19H19N3O4/c1-20-19(25)16-12-22(14-9-5-6-10-15(14)26-16)17(23)11-21-18(24)13-7-3-2-4-8-13/h2-10,16H,11-12H2,1H3,(H,20,25)(H,21,24)/t16-/m1/s1. The fraction of sp³-hybridized carbons (Fsp3) is 0.211. The number of fused-ring (bicyclic) bond motifs is 1. The quantitative estimate of drug-likeness (QED) is 0.857. The van der Waals surface area contributed by atoms with E-state index < -0.39 is 6.10 Å². The molecule has 0 radical (unpaired) electrons. The molecule has 0 bridgehead atoms. The lowest BCUT2D eigenvalue weighted by molar-refractivity contribution is -0.127. The Bertz CT molecular complexity index is 823. The fourth-order valence-corrected chi connectivity index (χ4v) is 2.71. The van der Waals surface area contributed by atoms with Crippen molar-refractivity contribution in [2.24, 2.45) is 0 Å². The third-order valence-electron chi connectivity index (χ3n) is 4.05. The smallest absolute Gasteiger partial charge is 0.262 e. The van der Waals surface area contributed by atoms with Crippen molar-refractivity contribution in [1.82, 2.24) is 10.6 Å². The molecule has 7 heteroatoms. The van der Waals surface area contributed by atoms with Crippen molar-refractivity contribution in [2.75, 3.05) is 25.0 Å². The Morgan fingerprint density at radius 3 is 2.50 bits per heavy atom. The van der Waals surface area contributed by atoms with E-state index >= 15 is 0 Å². The van der Waals surface area contributed by atoms with Crippen molar-refractivity contribution in [3.63, 3.8) is 0 Å². The highest BCUT2D eigenvalue weighted by molar-refractivity contribution is 6.02. The number of rotatable bonds is 4. The summed E-state index contributed by atoms with van der Waals surface area (Å²) in [5.41, 5.74) is 1.05. The highest BCUT2D eigenvalue weighted by Gasteiger charge is 2.33. The first-order valence-electron chi connectivity index (χ1n) is 8.21. The Morgan fingerprint density at radius 1 is 1.08 bits per heavy atom. The van der Waals surface area contributed by atoms with Crippen LogP contribution in [0.15, 0.2) is 54.6 Å². The van der Waals surface area contributed by atoms with Crippen molar-refractivity contribution in [2.45, 2.75) is 6.10 Å². The SMILES string of the molecule is CNC(=O)[C@H]1CN(C(=O)CNC(=O)c2ccccc2)c2ccccc2O1. The molecule has 0 aliphatic carbocycles. The van der Waals surface area contributed by atoms with E-state index in [1.807, 2.05) is 6.07 Å². The van der Waals surface area contributed by atoms with Crippen LogP contribution in [-0.4, -0.2) is 44.0 Å². The molecule has 1 aliphatic rings. The number of hydrogen-bond donors (Lipinski definition) is 2. The zero-order valence-corrected chi connectivity index (χ0v) is 14.3. The van der Waals surface area contributed by atoms with Crippen LogP contribution in [0.4, 0.5) is 5.69 Å². The number of likely N-dealkylation sites (N-methyl/N-ethyl adjacent to an activating group) is 1. The molecule has 1 aliphatic heterocycles. The number of amides is 3. The van der Waals surface area contributed by atoms with E-state index in [0.717, 1.165) is 0 Å². The molecule has 1 heterocycles. The van der Waals surface area contributed by atoms with Crippen molar-refractivity contribution in [3.05, 3.63) is 60.2 Å². The van der Waals surface area contributed by atoms with Crippen LogP contribution in [-0.2, 0) is 9.59 Å². The van der Waals surface area contributed by atoms with E-state index in [-0.39, 0.29) is 30.8 Å². The van der Waals surface area contributed by atoms with Gasteiger partial charge >= 0.3 is 0 Å². The van der Waals surface area contributed by atoms with Crippen molar-refractivity contribution >= 4 is 23.4 Å². The van der Waals surface area contributed by atoms with Gasteiger partial charge in [0, 0.05) is 12.6 Å². The molecule has 0 saturated carbocycles. The van der Waals surface area contributed by atoms with Crippen LogP contribution >= 0.6 is 0 Å². The topological polar surface area (TPSA) is 87.7 Å². The number of nitrogens with zero attached hydrogens (tertiary/aromatic N) is 1. The van der Waals surface area contributed by atoms with Gasteiger partial charge in [-0.15, -0.1) is 0 Å². The van der Waals surface area contributed by atoms with Gasteiger partial charge in [-0.3, -0.25) is 14.4 Å². The molecule has 0 aromatic heterocycles. The third kappa shape index (κ3) is 3.66. The van der Waals surface area contributed by atoms with Crippen LogP contribution in [0.2, 0.25) is 0 Å². The molecule has 2 aromatic rings. The molecule has 3 rings (SSSR count). The molecule has 26 heavy (non-hydrogen) atoms. The zero-order valence-electron chi connectivity index (χ0n) is 14.3. The molecule has 2 N–H and O–H groups in total. The number of para-hydroxylation sites is 2. The molecule has 0 saturated heterocycles. The van der Waals surface area contributed by atoms with Crippen molar-refractivity contribution in [3.8, 4) is 5.75 Å². The Kier molecular flexibility index (Phi) is 5.17. The molecule has 1 atom stereocenters. The normalized spacial score (nSPS) is 15.4. The summed E-state index contributed by atoms with van der Waals surface area (Å²) in [6.45, 7) is -0.0980. The summed E-state index contributed by atoms with van der Waals surface area (Å²) in [5.74, 6) is -0.511. The Labute approximate surface area is 150 Å². The number of nitrogens with one attached hydrogen (secondary N) is 2. The lowest BCUT2D eigenvalue weighted by atomic mass is 10.1. The minimum atomic E-state index is -0.802. The number of ether oxygens (including phenoxy) is 1. The Balaban J connectivity index is 1.73. The maximum absolute atomic E-state index is 12.7. The van der Waals surface area contributed by atoms with Gasteiger partial charge in [-0.25, -0.2) is 0 Å². The highest BCUT2D eigenvalue weighted by atomic mass is 16.5. The maximum atomic E-state index is 12.7. The molecular weight excluding hydrogens is 334 g/mol. The minimum Gasteiger partial charge on any atom is -0.477 e. The van der Waals surface area contributed by atoms with Gasteiger partial charge in [-0.05, 0) is 24.3 Å². The van der Waals surface area contributed by atoms with Gasteiger partial charge in [-0.2, -0.15) is 0 Å². The van der Waals surface area contributed by atoms with Gasteiger partial charge in [0.15, 0.2) is 6.10 Å². The average Bonchev–Trinajstić information content (AvgIpc) is 2.70. The van der Waals surface area contributed by atoms with Crippen LogP contribution in [0.25, 0.3) is 0 Å². The highest BCUT2D eigenvalue weighted by Crippen LogP contribution is 2.33. The largest absolute Gasteiger partial charge is 0.477 e. The average molecular weight is 353 g/mol. The molecule has 0 spiro atoms. The molecule has 7 nitrogen and oxygen atoms in total. The van der Waals surface area contributed by atoms with E-state index in [1.165, 1.54) is 11.9 Å². The van der Waals surface area contributed by atoms with Gasteiger partial charge in [0.2, 0.25) is 5.91 Å². The van der Waals surface area contributed by atoms with Crippen LogP contribution in [0.5, 0.6) is 5.75 Å². The first-order chi connectivity index (χ1) is 12.6. The summed E-state index contributed by atoms with van der Waals surface area (Å²) < 4.78 is 5.67. The van der Waals surface area contributed by atoms with Gasteiger partial charge < -0.3 is 20.3 Å². The van der Waals surface area contributed by atoms with E-state index in [0.29, 0.717) is 17.0 Å². The summed E-state index contributed by atoms with van der Waals surface area (Å²) in [5, 5.41) is 5.14. The van der Waals surface area contributed by atoms with Gasteiger partial charge in [0.05, 0.1) is 18.8 Å². The summed E-state index contributed by atoms with van der Waals surface area (Å²) in [4.78, 5) is 38.2.